The fourth-order valence-corrected chi connectivity index (χ4v) is 2.78. The van der Waals surface area contributed by atoms with Crippen LogP contribution in [0.5, 0.6) is 0 Å². The van der Waals surface area contributed by atoms with Crippen LogP contribution < -0.4 is 10.6 Å². The van der Waals surface area contributed by atoms with Gasteiger partial charge in [-0.15, -0.1) is 0 Å². The first-order valence-electron chi connectivity index (χ1n) is 8.01. The second kappa shape index (κ2) is 8.06. The van der Waals surface area contributed by atoms with E-state index in [1.165, 1.54) is 18.2 Å². The molecule has 0 radical (unpaired) electrons. The summed E-state index contributed by atoms with van der Waals surface area (Å²) in [5.41, 5.74) is -0.682. The van der Waals surface area contributed by atoms with E-state index < -0.39 is 17.3 Å². The van der Waals surface area contributed by atoms with E-state index in [0.29, 0.717) is 12.8 Å². The van der Waals surface area contributed by atoms with Gasteiger partial charge in [-0.2, -0.15) is 0 Å². The Morgan fingerprint density at radius 1 is 1.13 bits per heavy atom. The molecular weight excluding hydrogens is 299 g/mol. The molecular formula is C17H23FN2O3. The topological polar surface area (TPSA) is 78.4 Å². The van der Waals surface area contributed by atoms with E-state index >= 15 is 0 Å². The van der Waals surface area contributed by atoms with Crippen LogP contribution in [0.15, 0.2) is 24.3 Å². The molecule has 1 saturated carbocycles. The average Bonchev–Trinajstić information content (AvgIpc) is 2.76. The van der Waals surface area contributed by atoms with Crippen LogP contribution >= 0.6 is 0 Å². The van der Waals surface area contributed by atoms with Gasteiger partial charge < -0.3 is 15.7 Å². The van der Waals surface area contributed by atoms with Gasteiger partial charge in [0.25, 0.3) is 5.91 Å². The summed E-state index contributed by atoms with van der Waals surface area (Å²) in [6.45, 7) is -0.00685. The van der Waals surface area contributed by atoms with Crippen molar-refractivity contribution in [2.75, 3.05) is 13.1 Å². The Kier molecular flexibility index (Phi) is 6.10. The fourth-order valence-electron chi connectivity index (χ4n) is 2.78. The van der Waals surface area contributed by atoms with Crippen molar-refractivity contribution in [3.8, 4) is 0 Å². The third-order valence-electron chi connectivity index (χ3n) is 4.15. The van der Waals surface area contributed by atoms with Gasteiger partial charge >= 0.3 is 0 Å². The predicted octanol–water partition coefficient (Wildman–Crippen LogP) is 1.76. The molecule has 0 aliphatic heterocycles. The predicted molar refractivity (Wildman–Crippen MR) is 84.4 cm³/mol. The van der Waals surface area contributed by atoms with Crippen LogP contribution in [0.3, 0.4) is 0 Å². The molecule has 1 aromatic rings. The Hall–Kier alpha value is -1.95. The van der Waals surface area contributed by atoms with Gasteiger partial charge in [-0.25, -0.2) is 4.39 Å². The molecule has 1 aliphatic carbocycles. The number of aliphatic hydroxyl groups is 1. The summed E-state index contributed by atoms with van der Waals surface area (Å²) in [6.07, 6.45) is 5.51. The van der Waals surface area contributed by atoms with Crippen molar-refractivity contribution in [3.05, 3.63) is 35.6 Å². The summed E-state index contributed by atoms with van der Waals surface area (Å²) in [6, 6.07) is 5.27. The number of hydrogen-bond donors (Lipinski definition) is 3. The zero-order valence-electron chi connectivity index (χ0n) is 13.1. The maximum Gasteiger partial charge on any atom is 0.251 e. The zero-order chi connectivity index (χ0) is 16.7. The Labute approximate surface area is 135 Å². The van der Waals surface area contributed by atoms with Crippen LogP contribution in [0.25, 0.3) is 0 Å². The first-order valence-corrected chi connectivity index (χ1v) is 8.01. The molecule has 5 nitrogen and oxygen atoms in total. The van der Waals surface area contributed by atoms with Crippen LogP contribution in [0.4, 0.5) is 4.39 Å². The highest BCUT2D eigenvalue weighted by atomic mass is 19.1. The van der Waals surface area contributed by atoms with Gasteiger partial charge in [-0.05, 0) is 31.0 Å². The summed E-state index contributed by atoms with van der Waals surface area (Å²) < 4.78 is 13.0. The molecule has 0 unspecified atom stereocenters. The standard InChI is InChI=1S/C17H23FN2O3/c18-14-7-5-6-13(10-14)16(22)19-11-15(21)20-12-17(23)8-3-1-2-4-9-17/h5-7,10,23H,1-4,8-9,11-12H2,(H,19,22)(H,20,21). The largest absolute Gasteiger partial charge is 0.388 e. The molecule has 0 aromatic heterocycles. The van der Waals surface area contributed by atoms with Crippen molar-refractivity contribution in [1.82, 2.24) is 10.6 Å². The molecule has 23 heavy (non-hydrogen) atoms. The highest BCUT2D eigenvalue weighted by Crippen LogP contribution is 2.26. The summed E-state index contributed by atoms with van der Waals surface area (Å²) >= 11 is 0. The Morgan fingerprint density at radius 2 is 1.83 bits per heavy atom. The van der Waals surface area contributed by atoms with E-state index in [1.807, 2.05) is 0 Å². The van der Waals surface area contributed by atoms with Crippen molar-refractivity contribution in [1.29, 1.82) is 0 Å². The molecule has 3 N–H and O–H groups in total. The van der Waals surface area contributed by atoms with E-state index in [1.54, 1.807) is 0 Å². The monoisotopic (exact) mass is 322 g/mol. The second-order valence-corrected chi connectivity index (χ2v) is 6.11. The minimum Gasteiger partial charge on any atom is -0.388 e. The quantitative estimate of drug-likeness (QED) is 0.723. The molecule has 1 aliphatic rings. The first-order chi connectivity index (χ1) is 11.0. The van der Waals surface area contributed by atoms with Gasteiger partial charge in [0.2, 0.25) is 5.91 Å². The van der Waals surface area contributed by atoms with Gasteiger partial charge in [0, 0.05) is 12.1 Å². The van der Waals surface area contributed by atoms with E-state index in [9.17, 15) is 19.1 Å². The minimum atomic E-state index is -0.848. The minimum absolute atomic E-state index is 0.167. The van der Waals surface area contributed by atoms with E-state index in [2.05, 4.69) is 10.6 Å². The zero-order valence-corrected chi connectivity index (χ0v) is 13.1. The van der Waals surface area contributed by atoms with E-state index in [-0.39, 0.29) is 24.6 Å². The molecule has 126 valence electrons. The number of amides is 2. The number of nitrogens with one attached hydrogen (secondary N) is 2. The van der Waals surface area contributed by atoms with Gasteiger partial charge in [0.15, 0.2) is 0 Å². The summed E-state index contributed by atoms with van der Waals surface area (Å²) in [7, 11) is 0. The molecule has 0 heterocycles. The first kappa shape index (κ1) is 17.4. The number of rotatable bonds is 5. The van der Waals surface area contributed by atoms with E-state index in [4.69, 9.17) is 0 Å². The Balaban J connectivity index is 1.75. The van der Waals surface area contributed by atoms with Gasteiger partial charge in [0.05, 0.1) is 12.1 Å². The van der Waals surface area contributed by atoms with Gasteiger partial charge in [-0.3, -0.25) is 9.59 Å². The van der Waals surface area contributed by atoms with Crippen molar-refractivity contribution >= 4 is 11.8 Å². The summed E-state index contributed by atoms with van der Waals surface area (Å²) in [5.74, 6) is -1.38. The maximum absolute atomic E-state index is 13.0. The van der Waals surface area contributed by atoms with Gasteiger partial charge in [0.1, 0.15) is 5.82 Å². The van der Waals surface area contributed by atoms with Crippen LogP contribution in [0.2, 0.25) is 0 Å². The lowest BCUT2D eigenvalue weighted by molar-refractivity contribution is -0.121. The molecule has 2 amide bonds. The molecule has 2 rings (SSSR count). The highest BCUT2D eigenvalue weighted by molar-refractivity contribution is 5.96. The molecule has 0 bridgehead atoms. The highest BCUT2D eigenvalue weighted by Gasteiger charge is 2.28. The molecule has 1 aromatic carbocycles. The second-order valence-electron chi connectivity index (χ2n) is 6.11. The smallest absolute Gasteiger partial charge is 0.251 e. The third kappa shape index (κ3) is 5.63. The van der Waals surface area contributed by atoms with Gasteiger partial charge in [-0.1, -0.05) is 31.7 Å². The molecule has 0 spiro atoms. The number of benzene rings is 1. The Bertz CT molecular complexity index is 555. The molecule has 0 atom stereocenters. The van der Waals surface area contributed by atoms with Crippen molar-refractivity contribution < 1.29 is 19.1 Å². The van der Waals surface area contributed by atoms with Crippen molar-refractivity contribution in [3.63, 3.8) is 0 Å². The molecule has 6 heteroatoms. The number of hydrogen-bond acceptors (Lipinski definition) is 3. The molecule has 1 fully saturated rings. The fraction of sp³-hybridized carbons (Fsp3) is 0.529. The van der Waals surface area contributed by atoms with Crippen molar-refractivity contribution in [2.45, 2.75) is 44.1 Å². The third-order valence-corrected chi connectivity index (χ3v) is 4.15. The van der Waals surface area contributed by atoms with Crippen LogP contribution in [-0.4, -0.2) is 35.6 Å². The normalized spacial score (nSPS) is 17.1. The SMILES string of the molecule is O=C(CNC(=O)c1cccc(F)c1)NCC1(O)CCCCCC1. The maximum atomic E-state index is 13.0. The number of carbonyl (C=O) groups is 2. The van der Waals surface area contributed by atoms with Crippen LogP contribution in [0.1, 0.15) is 48.9 Å². The van der Waals surface area contributed by atoms with E-state index in [0.717, 1.165) is 31.7 Å². The lowest BCUT2D eigenvalue weighted by atomic mass is 9.94. The van der Waals surface area contributed by atoms with Crippen LogP contribution in [-0.2, 0) is 4.79 Å². The van der Waals surface area contributed by atoms with Crippen molar-refractivity contribution in [2.24, 2.45) is 0 Å². The number of carbonyl (C=O) groups excluding carboxylic acids is 2. The lowest BCUT2D eigenvalue weighted by Crippen LogP contribution is -2.45. The number of halogens is 1. The summed E-state index contributed by atoms with van der Waals surface area (Å²) in [4.78, 5) is 23.6. The summed E-state index contributed by atoms with van der Waals surface area (Å²) in [5, 5.41) is 15.5. The lowest BCUT2D eigenvalue weighted by Gasteiger charge is -2.26. The Morgan fingerprint density at radius 3 is 2.48 bits per heavy atom. The van der Waals surface area contributed by atoms with Crippen LogP contribution in [0, 0.1) is 5.82 Å². The molecule has 0 saturated heterocycles. The average molecular weight is 322 g/mol.